The van der Waals surface area contributed by atoms with Gasteiger partial charge in [0.05, 0.1) is 6.10 Å². The average Bonchev–Trinajstić information content (AvgIpc) is 2.46. The van der Waals surface area contributed by atoms with Crippen LogP contribution in [0.5, 0.6) is 0 Å². The first-order chi connectivity index (χ1) is 9.61. The highest BCUT2D eigenvalue weighted by molar-refractivity contribution is 5.83. The van der Waals surface area contributed by atoms with E-state index in [4.69, 9.17) is 5.21 Å². The number of rotatable bonds is 5. The molecule has 5 nitrogen and oxygen atoms in total. The van der Waals surface area contributed by atoms with Crippen molar-refractivity contribution < 1.29 is 15.1 Å². The Kier molecular flexibility index (Phi) is 4.68. The van der Waals surface area contributed by atoms with E-state index in [9.17, 15) is 9.90 Å². The molecule has 4 N–H and O–H groups in total. The minimum absolute atomic E-state index is 0.424. The second-order valence-corrected chi connectivity index (χ2v) is 4.76. The van der Waals surface area contributed by atoms with Crippen molar-refractivity contribution in [3.05, 3.63) is 48.0 Å². The predicted octanol–water partition coefficient (Wildman–Crippen LogP) is 1.18. The molecule has 2 rings (SSSR count). The number of nitrogens with one attached hydrogen (secondary N) is 2. The summed E-state index contributed by atoms with van der Waals surface area (Å²) in [5.41, 5.74) is 2.55. The summed E-state index contributed by atoms with van der Waals surface area (Å²) in [7, 11) is 0. The van der Waals surface area contributed by atoms with Crippen molar-refractivity contribution in [2.24, 2.45) is 0 Å². The van der Waals surface area contributed by atoms with Gasteiger partial charge in [0.2, 0.25) is 0 Å². The number of hydrogen-bond donors (Lipinski definition) is 4. The van der Waals surface area contributed by atoms with Gasteiger partial charge in [0.15, 0.2) is 0 Å². The standard InChI is InChI=1S/C15H18N2O3/c1-10(18)14(15(19)17-20)16-9-11-6-7-12-4-2-3-5-13(12)8-11/h2-8,10,14,16,18,20H,9H2,1H3,(H,17,19)/t10-,14+/m1/s1. The van der Waals surface area contributed by atoms with E-state index < -0.39 is 18.1 Å². The van der Waals surface area contributed by atoms with Crippen LogP contribution in [0.3, 0.4) is 0 Å². The molecule has 106 valence electrons. The Bertz CT molecular complexity index is 598. The lowest BCUT2D eigenvalue weighted by Crippen LogP contribution is -2.49. The van der Waals surface area contributed by atoms with Crippen LogP contribution in [0.1, 0.15) is 12.5 Å². The molecule has 0 saturated carbocycles. The van der Waals surface area contributed by atoms with Crippen molar-refractivity contribution >= 4 is 16.7 Å². The van der Waals surface area contributed by atoms with E-state index in [1.54, 1.807) is 5.48 Å². The van der Waals surface area contributed by atoms with Crippen LogP contribution in [-0.4, -0.2) is 28.4 Å². The van der Waals surface area contributed by atoms with Gasteiger partial charge in [-0.25, -0.2) is 5.48 Å². The molecule has 0 unspecified atom stereocenters. The van der Waals surface area contributed by atoms with E-state index in [-0.39, 0.29) is 0 Å². The fourth-order valence-corrected chi connectivity index (χ4v) is 2.13. The average molecular weight is 274 g/mol. The second kappa shape index (κ2) is 6.47. The van der Waals surface area contributed by atoms with E-state index in [2.05, 4.69) is 5.32 Å². The molecule has 20 heavy (non-hydrogen) atoms. The number of benzene rings is 2. The molecule has 2 aromatic carbocycles. The highest BCUT2D eigenvalue weighted by Gasteiger charge is 2.22. The number of carbonyl (C=O) groups excluding carboxylic acids is 1. The van der Waals surface area contributed by atoms with Crippen LogP contribution in [0.4, 0.5) is 0 Å². The van der Waals surface area contributed by atoms with Crippen LogP contribution in [0, 0.1) is 0 Å². The first-order valence-corrected chi connectivity index (χ1v) is 6.45. The van der Waals surface area contributed by atoms with Crippen molar-refractivity contribution in [1.29, 1.82) is 0 Å². The molecular weight excluding hydrogens is 256 g/mol. The highest BCUT2D eigenvalue weighted by Crippen LogP contribution is 2.15. The van der Waals surface area contributed by atoms with Gasteiger partial charge in [0.1, 0.15) is 6.04 Å². The van der Waals surface area contributed by atoms with Gasteiger partial charge >= 0.3 is 0 Å². The van der Waals surface area contributed by atoms with E-state index in [1.807, 2.05) is 42.5 Å². The highest BCUT2D eigenvalue weighted by atomic mass is 16.5. The first-order valence-electron chi connectivity index (χ1n) is 6.45. The zero-order chi connectivity index (χ0) is 14.5. The summed E-state index contributed by atoms with van der Waals surface area (Å²) < 4.78 is 0. The number of hydroxylamine groups is 1. The molecule has 0 bridgehead atoms. The van der Waals surface area contributed by atoms with Crippen molar-refractivity contribution in [3.8, 4) is 0 Å². The largest absolute Gasteiger partial charge is 0.391 e. The van der Waals surface area contributed by atoms with Crippen molar-refractivity contribution in [2.75, 3.05) is 0 Å². The quantitative estimate of drug-likeness (QED) is 0.487. The molecule has 1 amide bonds. The molecule has 0 spiro atoms. The SMILES string of the molecule is C[C@@H](O)[C@H](NCc1ccc2ccccc2c1)C(=O)NO. The molecular formula is C15H18N2O3. The van der Waals surface area contributed by atoms with E-state index in [1.165, 1.54) is 6.92 Å². The maximum Gasteiger partial charge on any atom is 0.263 e. The zero-order valence-electron chi connectivity index (χ0n) is 11.2. The van der Waals surface area contributed by atoms with Gasteiger partial charge in [-0.15, -0.1) is 0 Å². The molecule has 0 aliphatic rings. The molecule has 5 heteroatoms. The summed E-state index contributed by atoms with van der Waals surface area (Å²) in [6.07, 6.45) is -0.900. The fourth-order valence-electron chi connectivity index (χ4n) is 2.13. The number of hydrogen-bond acceptors (Lipinski definition) is 4. The molecule has 0 saturated heterocycles. The van der Waals surface area contributed by atoms with Crippen LogP contribution in [0.25, 0.3) is 10.8 Å². The van der Waals surface area contributed by atoms with Gasteiger partial charge in [-0.2, -0.15) is 0 Å². The van der Waals surface area contributed by atoms with E-state index >= 15 is 0 Å². The molecule has 0 radical (unpaired) electrons. The number of carbonyl (C=O) groups is 1. The number of amides is 1. The molecule has 0 aliphatic heterocycles. The third-order valence-electron chi connectivity index (χ3n) is 3.22. The van der Waals surface area contributed by atoms with Gasteiger partial charge in [0.25, 0.3) is 5.91 Å². The Balaban J connectivity index is 2.09. The second-order valence-electron chi connectivity index (χ2n) is 4.76. The minimum atomic E-state index is -0.900. The topological polar surface area (TPSA) is 81.6 Å². The van der Waals surface area contributed by atoms with Gasteiger partial charge < -0.3 is 5.11 Å². The monoisotopic (exact) mass is 274 g/mol. The molecule has 2 atom stereocenters. The van der Waals surface area contributed by atoms with Gasteiger partial charge in [-0.1, -0.05) is 36.4 Å². The normalized spacial score (nSPS) is 13.9. The lowest BCUT2D eigenvalue weighted by molar-refractivity contribution is -0.133. The minimum Gasteiger partial charge on any atom is -0.391 e. The Labute approximate surface area is 117 Å². The smallest absolute Gasteiger partial charge is 0.263 e. The summed E-state index contributed by atoms with van der Waals surface area (Å²) in [6, 6.07) is 13.1. The van der Waals surface area contributed by atoms with E-state index in [0.29, 0.717) is 6.54 Å². The Hall–Kier alpha value is -1.95. The van der Waals surface area contributed by atoms with Gasteiger partial charge in [-0.3, -0.25) is 15.3 Å². The lowest BCUT2D eigenvalue weighted by Gasteiger charge is -2.19. The van der Waals surface area contributed by atoms with Crippen LogP contribution in [-0.2, 0) is 11.3 Å². The van der Waals surface area contributed by atoms with Crippen LogP contribution in [0.15, 0.2) is 42.5 Å². The summed E-state index contributed by atoms with van der Waals surface area (Å²) >= 11 is 0. The van der Waals surface area contributed by atoms with Crippen molar-refractivity contribution in [3.63, 3.8) is 0 Å². The summed E-state index contributed by atoms with van der Waals surface area (Å²) in [4.78, 5) is 11.4. The molecule has 0 fully saturated rings. The third-order valence-corrected chi connectivity index (χ3v) is 3.22. The van der Waals surface area contributed by atoms with Crippen LogP contribution in [0.2, 0.25) is 0 Å². The van der Waals surface area contributed by atoms with Crippen molar-refractivity contribution in [1.82, 2.24) is 10.8 Å². The number of fused-ring (bicyclic) bond motifs is 1. The van der Waals surface area contributed by atoms with Gasteiger partial charge in [-0.05, 0) is 29.3 Å². The predicted molar refractivity (Wildman–Crippen MR) is 76.2 cm³/mol. The Morgan fingerprint density at radius 1 is 1.20 bits per heavy atom. The summed E-state index contributed by atoms with van der Waals surface area (Å²) in [6.45, 7) is 1.92. The Morgan fingerprint density at radius 2 is 1.90 bits per heavy atom. The third kappa shape index (κ3) is 3.33. The first kappa shape index (κ1) is 14.5. The maximum absolute atomic E-state index is 11.4. The zero-order valence-corrected chi connectivity index (χ0v) is 11.2. The molecule has 0 aliphatic carbocycles. The number of aliphatic hydroxyl groups is 1. The summed E-state index contributed by atoms with van der Waals surface area (Å²) in [5, 5.41) is 23.4. The fraction of sp³-hybridized carbons (Fsp3) is 0.267. The summed E-state index contributed by atoms with van der Waals surface area (Å²) in [5.74, 6) is -0.652. The molecule has 0 aromatic heterocycles. The van der Waals surface area contributed by atoms with Gasteiger partial charge in [0, 0.05) is 6.54 Å². The number of aliphatic hydroxyl groups excluding tert-OH is 1. The lowest BCUT2D eigenvalue weighted by atomic mass is 10.1. The molecule has 2 aromatic rings. The van der Waals surface area contributed by atoms with E-state index in [0.717, 1.165) is 16.3 Å². The van der Waals surface area contributed by atoms with Crippen molar-refractivity contribution in [2.45, 2.75) is 25.6 Å². The maximum atomic E-state index is 11.4. The van der Waals surface area contributed by atoms with Crippen LogP contribution >= 0.6 is 0 Å². The molecule has 0 heterocycles. The van der Waals surface area contributed by atoms with Crippen LogP contribution < -0.4 is 10.8 Å². The Morgan fingerprint density at radius 3 is 2.55 bits per heavy atom.